The monoisotopic (exact) mass is 249 g/mol. The summed E-state index contributed by atoms with van der Waals surface area (Å²) in [5, 5.41) is 15.6. The highest BCUT2D eigenvalue weighted by Crippen LogP contribution is 2.25. The summed E-state index contributed by atoms with van der Waals surface area (Å²) in [6, 6.07) is 4.88. The van der Waals surface area contributed by atoms with Gasteiger partial charge < -0.3 is 11.1 Å². The van der Waals surface area contributed by atoms with Crippen molar-refractivity contribution in [2.75, 3.05) is 18.1 Å². The Morgan fingerprint density at radius 3 is 2.67 bits per heavy atom. The van der Waals surface area contributed by atoms with E-state index in [9.17, 15) is 8.78 Å². The number of nitrogens with zero attached hydrogens (tertiary/aromatic N) is 3. The minimum Gasteiger partial charge on any atom is -0.382 e. The molecule has 92 valence electrons. The van der Waals surface area contributed by atoms with Crippen LogP contribution >= 0.6 is 0 Å². The third-order valence-electron chi connectivity index (χ3n) is 2.41. The fourth-order valence-corrected chi connectivity index (χ4v) is 1.55. The molecule has 1 aromatic heterocycles. The largest absolute Gasteiger partial charge is 0.382 e. The van der Waals surface area contributed by atoms with E-state index < -0.39 is 11.6 Å². The first-order valence-corrected chi connectivity index (χ1v) is 5.00. The van der Waals surface area contributed by atoms with Gasteiger partial charge >= 0.3 is 0 Å². The van der Waals surface area contributed by atoms with Crippen molar-refractivity contribution in [3.8, 4) is 11.8 Å². The Hall–Kier alpha value is -2.62. The zero-order valence-electron chi connectivity index (χ0n) is 9.41. The standard InChI is InChI=1S/C11H9F2N5/c1-16-11-7(5-14)10(15)18(17-11)9-3-2-6(12)4-8(9)13/h2-4H,15H2,1H3,(H,16,17). The summed E-state index contributed by atoms with van der Waals surface area (Å²) < 4.78 is 27.5. The fourth-order valence-electron chi connectivity index (χ4n) is 1.55. The second-order valence-electron chi connectivity index (χ2n) is 3.48. The van der Waals surface area contributed by atoms with Gasteiger partial charge in [-0.3, -0.25) is 0 Å². The third-order valence-corrected chi connectivity index (χ3v) is 2.41. The quantitative estimate of drug-likeness (QED) is 0.848. The van der Waals surface area contributed by atoms with Crippen LogP contribution in [0.3, 0.4) is 0 Å². The molecule has 0 unspecified atom stereocenters. The van der Waals surface area contributed by atoms with Gasteiger partial charge in [-0.2, -0.15) is 5.26 Å². The molecule has 0 bridgehead atoms. The lowest BCUT2D eigenvalue weighted by atomic mass is 10.3. The van der Waals surface area contributed by atoms with E-state index in [0.29, 0.717) is 0 Å². The highest BCUT2D eigenvalue weighted by atomic mass is 19.1. The first-order valence-electron chi connectivity index (χ1n) is 5.00. The molecule has 0 aliphatic carbocycles. The van der Waals surface area contributed by atoms with Crippen molar-refractivity contribution in [3.05, 3.63) is 35.4 Å². The average Bonchev–Trinajstić information content (AvgIpc) is 2.66. The van der Waals surface area contributed by atoms with Gasteiger partial charge in [0, 0.05) is 13.1 Å². The van der Waals surface area contributed by atoms with Crippen LogP contribution in [0.2, 0.25) is 0 Å². The molecule has 0 aliphatic rings. The number of halogens is 2. The molecule has 0 amide bonds. The number of nitriles is 1. The molecule has 0 saturated carbocycles. The summed E-state index contributed by atoms with van der Waals surface area (Å²) in [5.41, 5.74) is 5.80. The molecular formula is C11H9F2N5. The Labute approximate surface area is 101 Å². The molecule has 1 aromatic carbocycles. The molecule has 0 saturated heterocycles. The van der Waals surface area contributed by atoms with E-state index in [2.05, 4.69) is 10.4 Å². The third kappa shape index (κ3) is 1.73. The smallest absolute Gasteiger partial charge is 0.168 e. The molecule has 2 rings (SSSR count). The molecule has 0 fully saturated rings. The van der Waals surface area contributed by atoms with Crippen LogP contribution in [0.25, 0.3) is 5.69 Å². The summed E-state index contributed by atoms with van der Waals surface area (Å²) in [6.07, 6.45) is 0. The number of nitrogens with one attached hydrogen (secondary N) is 1. The van der Waals surface area contributed by atoms with Crippen LogP contribution < -0.4 is 11.1 Å². The minimum absolute atomic E-state index is 0.00708. The Morgan fingerprint density at radius 2 is 2.17 bits per heavy atom. The lowest BCUT2D eigenvalue weighted by molar-refractivity contribution is 0.574. The molecule has 0 aliphatic heterocycles. The van der Waals surface area contributed by atoms with Crippen LogP contribution in [-0.2, 0) is 0 Å². The molecule has 18 heavy (non-hydrogen) atoms. The molecule has 3 N–H and O–H groups in total. The van der Waals surface area contributed by atoms with Gasteiger partial charge in [0.25, 0.3) is 0 Å². The fraction of sp³-hybridized carbons (Fsp3) is 0.0909. The van der Waals surface area contributed by atoms with Crippen LogP contribution in [0.1, 0.15) is 5.56 Å². The Bertz CT molecular complexity index is 642. The SMILES string of the molecule is CNc1nn(-c2ccc(F)cc2F)c(N)c1C#N. The normalized spacial score (nSPS) is 10.1. The van der Waals surface area contributed by atoms with Crippen molar-refractivity contribution in [2.45, 2.75) is 0 Å². The molecule has 1 heterocycles. The Balaban J connectivity index is 2.65. The lowest BCUT2D eigenvalue weighted by Gasteiger charge is -2.04. The van der Waals surface area contributed by atoms with E-state index in [1.807, 2.05) is 6.07 Å². The Morgan fingerprint density at radius 1 is 1.44 bits per heavy atom. The molecular weight excluding hydrogens is 240 g/mol. The predicted molar refractivity (Wildman–Crippen MR) is 62.2 cm³/mol. The van der Waals surface area contributed by atoms with E-state index in [4.69, 9.17) is 11.0 Å². The van der Waals surface area contributed by atoms with Crippen molar-refractivity contribution >= 4 is 11.6 Å². The first-order chi connectivity index (χ1) is 8.58. The number of anilines is 2. The topological polar surface area (TPSA) is 79.7 Å². The van der Waals surface area contributed by atoms with Gasteiger partial charge in [0.2, 0.25) is 0 Å². The summed E-state index contributed by atoms with van der Waals surface area (Å²) in [5.74, 6) is -1.28. The second-order valence-corrected chi connectivity index (χ2v) is 3.48. The number of aromatic nitrogens is 2. The van der Waals surface area contributed by atoms with E-state index >= 15 is 0 Å². The van der Waals surface area contributed by atoms with Crippen molar-refractivity contribution in [2.24, 2.45) is 0 Å². The van der Waals surface area contributed by atoms with Crippen LogP contribution in [-0.4, -0.2) is 16.8 Å². The summed E-state index contributed by atoms with van der Waals surface area (Å²) in [7, 11) is 1.56. The number of hydrogen-bond acceptors (Lipinski definition) is 4. The van der Waals surface area contributed by atoms with E-state index in [1.165, 1.54) is 6.07 Å². The van der Waals surface area contributed by atoms with Crippen LogP contribution in [0.4, 0.5) is 20.4 Å². The maximum absolute atomic E-state index is 13.6. The van der Waals surface area contributed by atoms with E-state index in [1.54, 1.807) is 7.05 Å². The lowest BCUT2D eigenvalue weighted by Crippen LogP contribution is -2.05. The van der Waals surface area contributed by atoms with E-state index in [0.717, 1.165) is 16.8 Å². The van der Waals surface area contributed by atoms with Gasteiger partial charge in [-0.15, -0.1) is 5.10 Å². The van der Waals surface area contributed by atoms with Crippen molar-refractivity contribution in [3.63, 3.8) is 0 Å². The van der Waals surface area contributed by atoms with Gasteiger partial charge in [0.15, 0.2) is 11.6 Å². The number of benzene rings is 1. The van der Waals surface area contributed by atoms with Gasteiger partial charge in [0.1, 0.15) is 29.0 Å². The summed E-state index contributed by atoms with van der Waals surface area (Å²) in [6.45, 7) is 0. The molecule has 0 atom stereocenters. The van der Waals surface area contributed by atoms with Gasteiger partial charge in [-0.25, -0.2) is 13.5 Å². The molecule has 7 heteroatoms. The highest BCUT2D eigenvalue weighted by molar-refractivity contribution is 5.65. The van der Waals surface area contributed by atoms with Crippen LogP contribution in [0.15, 0.2) is 18.2 Å². The van der Waals surface area contributed by atoms with E-state index in [-0.39, 0.29) is 22.9 Å². The molecule has 5 nitrogen and oxygen atoms in total. The van der Waals surface area contributed by atoms with Gasteiger partial charge in [0.05, 0.1) is 0 Å². The first kappa shape index (κ1) is 11.9. The zero-order valence-corrected chi connectivity index (χ0v) is 9.41. The highest BCUT2D eigenvalue weighted by Gasteiger charge is 2.17. The van der Waals surface area contributed by atoms with Crippen LogP contribution in [0, 0.1) is 23.0 Å². The minimum atomic E-state index is -0.809. The number of nitrogen functional groups attached to an aromatic ring is 1. The summed E-state index contributed by atoms with van der Waals surface area (Å²) >= 11 is 0. The predicted octanol–water partition coefficient (Wildman–Crippen LogP) is 1.65. The van der Waals surface area contributed by atoms with Gasteiger partial charge in [-0.1, -0.05) is 0 Å². The Kier molecular flexibility index (Phi) is 2.85. The number of hydrogen-bond donors (Lipinski definition) is 2. The second kappa shape index (κ2) is 4.33. The van der Waals surface area contributed by atoms with Crippen molar-refractivity contribution < 1.29 is 8.78 Å². The van der Waals surface area contributed by atoms with Gasteiger partial charge in [-0.05, 0) is 12.1 Å². The number of nitrogens with two attached hydrogens (primary N) is 1. The summed E-state index contributed by atoms with van der Waals surface area (Å²) in [4.78, 5) is 0. The zero-order chi connectivity index (χ0) is 13.3. The van der Waals surface area contributed by atoms with Crippen molar-refractivity contribution in [1.82, 2.24) is 9.78 Å². The number of rotatable bonds is 2. The molecule has 0 radical (unpaired) electrons. The van der Waals surface area contributed by atoms with Crippen molar-refractivity contribution in [1.29, 1.82) is 5.26 Å². The molecule has 0 spiro atoms. The average molecular weight is 249 g/mol. The maximum atomic E-state index is 13.6. The molecule has 2 aromatic rings. The maximum Gasteiger partial charge on any atom is 0.168 e. The van der Waals surface area contributed by atoms with Crippen LogP contribution in [0.5, 0.6) is 0 Å².